The maximum Gasteiger partial charge on any atom is 0.407 e. The molecule has 1 amide bonds. The first-order chi connectivity index (χ1) is 7.02. The Labute approximate surface area is 91.8 Å². The minimum absolute atomic E-state index is 0.0534. The van der Waals surface area contributed by atoms with Crippen molar-refractivity contribution < 1.29 is 9.53 Å². The van der Waals surface area contributed by atoms with Crippen LogP contribution in [0.5, 0.6) is 0 Å². The summed E-state index contributed by atoms with van der Waals surface area (Å²) in [5, 5.41) is 6.17. The summed E-state index contributed by atoms with van der Waals surface area (Å²) in [6, 6.07) is 0. The van der Waals surface area contributed by atoms with E-state index in [1.807, 2.05) is 13.8 Å². The van der Waals surface area contributed by atoms with Crippen LogP contribution in [0.4, 0.5) is 4.79 Å². The van der Waals surface area contributed by atoms with E-state index in [1.54, 1.807) is 0 Å². The summed E-state index contributed by atoms with van der Waals surface area (Å²) < 4.78 is 5.02. The van der Waals surface area contributed by atoms with Crippen molar-refractivity contribution in [1.82, 2.24) is 10.6 Å². The van der Waals surface area contributed by atoms with Gasteiger partial charge in [-0.15, -0.1) is 0 Å². The summed E-state index contributed by atoms with van der Waals surface area (Å²) in [4.78, 5) is 11.3. The van der Waals surface area contributed by atoms with Gasteiger partial charge in [-0.25, -0.2) is 4.79 Å². The fourth-order valence-electron chi connectivity index (χ4n) is 1.81. The molecule has 0 aliphatic carbocycles. The van der Waals surface area contributed by atoms with Gasteiger partial charge in [0.25, 0.3) is 0 Å². The Hall–Kier alpha value is -0.770. The second kappa shape index (κ2) is 5.35. The molecule has 0 spiro atoms. The van der Waals surface area contributed by atoms with E-state index in [0.29, 0.717) is 6.54 Å². The first-order valence-electron chi connectivity index (χ1n) is 5.67. The van der Waals surface area contributed by atoms with Crippen molar-refractivity contribution in [2.45, 2.75) is 39.7 Å². The van der Waals surface area contributed by atoms with Crippen molar-refractivity contribution >= 4 is 6.09 Å². The molecule has 1 aliphatic heterocycles. The standard InChI is InChI=1S/C11H22N2O2/c1-9(2)15-10(14)13-8-11(3)5-4-6-12-7-11/h9,12H,4-8H2,1-3H3,(H,13,14). The molecule has 1 aliphatic rings. The molecule has 1 heterocycles. The van der Waals surface area contributed by atoms with E-state index in [9.17, 15) is 4.79 Å². The number of hydrogen-bond donors (Lipinski definition) is 2. The number of amides is 1. The van der Waals surface area contributed by atoms with Crippen LogP contribution in [-0.2, 0) is 4.74 Å². The third-order valence-corrected chi connectivity index (χ3v) is 2.69. The summed E-state index contributed by atoms with van der Waals surface area (Å²) in [6.07, 6.45) is 1.97. The molecule has 0 aromatic carbocycles. The lowest BCUT2D eigenvalue weighted by Crippen LogP contribution is -2.46. The SMILES string of the molecule is CC(C)OC(=O)NCC1(C)CCCNC1. The van der Waals surface area contributed by atoms with E-state index in [4.69, 9.17) is 4.74 Å². The van der Waals surface area contributed by atoms with Gasteiger partial charge < -0.3 is 15.4 Å². The van der Waals surface area contributed by atoms with Crippen LogP contribution in [0.1, 0.15) is 33.6 Å². The predicted molar refractivity (Wildman–Crippen MR) is 59.8 cm³/mol. The van der Waals surface area contributed by atoms with E-state index in [2.05, 4.69) is 17.6 Å². The highest BCUT2D eigenvalue weighted by Gasteiger charge is 2.27. The van der Waals surface area contributed by atoms with Gasteiger partial charge in [0.1, 0.15) is 0 Å². The Morgan fingerprint density at radius 3 is 2.87 bits per heavy atom. The second-order valence-corrected chi connectivity index (χ2v) is 4.90. The van der Waals surface area contributed by atoms with Crippen LogP contribution < -0.4 is 10.6 Å². The Morgan fingerprint density at radius 2 is 2.33 bits per heavy atom. The first kappa shape index (κ1) is 12.3. The minimum atomic E-state index is -0.309. The minimum Gasteiger partial charge on any atom is -0.447 e. The predicted octanol–water partition coefficient (Wildman–Crippen LogP) is 1.51. The van der Waals surface area contributed by atoms with Gasteiger partial charge in [-0.1, -0.05) is 6.92 Å². The summed E-state index contributed by atoms with van der Waals surface area (Å²) in [5.41, 5.74) is 0.175. The van der Waals surface area contributed by atoms with E-state index < -0.39 is 0 Å². The van der Waals surface area contributed by atoms with Gasteiger partial charge in [0, 0.05) is 13.1 Å². The third-order valence-electron chi connectivity index (χ3n) is 2.69. The number of carbonyl (C=O) groups excluding carboxylic acids is 1. The molecule has 4 nitrogen and oxygen atoms in total. The van der Waals surface area contributed by atoms with Crippen LogP contribution >= 0.6 is 0 Å². The molecule has 1 fully saturated rings. The molecule has 0 bridgehead atoms. The lowest BCUT2D eigenvalue weighted by atomic mass is 9.83. The molecule has 2 N–H and O–H groups in total. The van der Waals surface area contributed by atoms with Crippen molar-refractivity contribution in [3.05, 3.63) is 0 Å². The lowest BCUT2D eigenvalue weighted by Gasteiger charge is -2.34. The molecule has 0 saturated carbocycles. The van der Waals surface area contributed by atoms with Crippen molar-refractivity contribution in [2.24, 2.45) is 5.41 Å². The Balaban J connectivity index is 2.25. The maximum atomic E-state index is 11.3. The van der Waals surface area contributed by atoms with Gasteiger partial charge in [0.15, 0.2) is 0 Å². The highest BCUT2D eigenvalue weighted by molar-refractivity contribution is 5.67. The van der Waals surface area contributed by atoms with Crippen molar-refractivity contribution in [1.29, 1.82) is 0 Å². The van der Waals surface area contributed by atoms with Crippen LogP contribution in [0.15, 0.2) is 0 Å². The number of ether oxygens (including phenoxy) is 1. The summed E-state index contributed by atoms with van der Waals surface area (Å²) in [6.45, 7) is 8.63. The summed E-state index contributed by atoms with van der Waals surface area (Å²) >= 11 is 0. The number of hydrogen-bond acceptors (Lipinski definition) is 3. The van der Waals surface area contributed by atoms with Gasteiger partial charge in [-0.05, 0) is 38.6 Å². The van der Waals surface area contributed by atoms with E-state index in [1.165, 1.54) is 6.42 Å². The summed E-state index contributed by atoms with van der Waals surface area (Å²) in [7, 11) is 0. The fraction of sp³-hybridized carbons (Fsp3) is 0.909. The number of alkyl carbamates (subject to hydrolysis) is 1. The van der Waals surface area contributed by atoms with Crippen LogP contribution in [0.2, 0.25) is 0 Å². The highest BCUT2D eigenvalue weighted by atomic mass is 16.6. The van der Waals surface area contributed by atoms with Crippen molar-refractivity contribution in [3.8, 4) is 0 Å². The Morgan fingerprint density at radius 1 is 1.60 bits per heavy atom. The second-order valence-electron chi connectivity index (χ2n) is 4.90. The molecule has 1 unspecified atom stereocenters. The highest BCUT2D eigenvalue weighted by Crippen LogP contribution is 2.24. The molecule has 88 valence electrons. The van der Waals surface area contributed by atoms with E-state index in [-0.39, 0.29) is 17.6 Å². The molecule has 15 heavy (non-hydrogen) atoms. The fourth-order valence-corrected chi connectivity index (χ4v) is 1.81. The molecular formula is C11H22N2O2. The van der Waals surface area contributed by atoms with Gasteiger partial charge in [0.05, 0.1) is 6.10 Å². The average molecular weight is 214 g/mol. The quantitative estimate of drug-likeness (QED) is 0.748. The zero-order valence-electron chi connectivity index (χ0n) is 9.93. The topological polar surface area (TPSA) is 50.4 Å². The molecule has 4 heteroatoms. The van der Waals surface area contributed by atoms with Crippen molar-refractivity contribution in [2.75, 3.05) is 19.6 Å². The lowest BCUT2D eigenvalue weighted by molar-refractivity contribution is 0.109. The van der Waals surface area contributed by atoms with E-state index >= 15 is 0 Å². The molecule has 0 aromatic heterocycles. The van der Waals surface area contributed by atoms with Crippen molar-refractivity contribution in [3.63, 3.8) is 0 Å². The number of nitrogens with one attached hydrogen (secondary N) is 2. The van der Waals surface area contributed by atoms with Gasteiger partial charge >= 0.3 is 6.09 Å². The molecule has 1 atom stereocenters. The van der Waals surface area contributed by atoms with Crippen LogP contribution in [0.3, 0.4) is 0 Å². The third kappa shape index (κ3) is 4.51. The largest absolute Gasteiger partial charge is 0.447 e. The molecule has 0 radical (unpaired) electrons. The summed E-state index contributed by atoms with van der Waals surface area (Å²) in [5.74, 6) is 0. The number of carbonyl (C=O) groups is 1. The molecule has 0 aromatic rings. The van der Waals surface area contributed by atoms with Gasteiger partial charge in [0.2, 0.25) is 0 Å². The normalized spacial score (nSPS) is 26.4. The van der Waals surface area contributed by atoms with Crippen LogP contribution in [-0.4, -0.2) is 31.8 Å². The first-order valence-corrected chi connectivity index (χ1v) is 5.67. The van der Waals surface area contributed by atoms with Crippen LogP contribution in [0, 0.1) is 5.41 Å². The Bertz CT molecular complexity index is 211. The zero-order chi connectivity index (χ0) is 11.3. The number of rotatable bonds is 3. The van der Waals surface area contributed by atoms with E-state index in [0.717, 1.165) is 19.5 Å². The molecular weight excluding hydrogens is 192 g/mol. The number of piperidine rings is 1. The Kier molecular flexibility index (Phi) is 4.39. The van der Waals surface area contributed by atoms with Crippen LogP contribution in [0.25, 0.3) is 0 Å². The average Bonchev–Trinajstić information content (AvgIpc) is 2.15. The molecule has 1 rings (SSSR count). The zero-order valence-corrected chi connectivity index (χ0v) is 9.93. The van der Waals surface area contributed by atoms with Gasteiger partial charge in [-0.2, -0.15) is 0 Å². The molecule has 1 saturated heterocycles. The maximum absolute atomic E-state index is 11.3. The monoisotopic (exact) mass is 214 g/mol. The smallest absolute Gasteiger partial charge is 0.407 e. The van der Waals surface area contributed by atoms with Gasteiger partial charge in [-0.3, -0.25) is 0 Å².